The number of benzene rings is 9. The molecule has 340 valence electrons. The minimum Gasteiger partial charge on any atom is -1.00 e. The van der Waals surface area contributed by atoms with Crippen LogP contribution in [0.25, 0.3) is 32.7 Å². The summed E-state index contributed by atoms with van der Waals surface area (Å²) in [4.78, 5) is 2.46. The first-order chi connectivity index (χ1) is 31.3. The zero-order valence-corrected chi connectivity index (χ0v) is 43.7. The van der Waals surface area contributed by atoms with Gasteiger partial charge in [-0.15, -0.1) is 0 Å². The van der Waals surface area contributed by atoms with Crippen LogP contribution in [0.4, 0.5) is 0 Å². The van der Waals surface area contributed by atoms with Gasteiger partial charge in [-0.25, -0.2) is 0 Å². The Hall–Kier alpha value is -4.52. The van der Waals surface area contributed by atoms with Crippen LogP contribution in [0.3, 0.4) is 0 Å². The van der Waals surface area contributed by atoms with Gasteiger partial charge in [0.2, 0.25) is 0 Å². The Kier molecular flexibility index (Phi) is 18.7. The zero-order valence-electron chi connectivity index (χ0n) is 38.7. The summed E-state index contributed by atoms with van der Waals surface area (Å²) in [6, 6.07) is 75.2. The van der Waals surface area contributed by atoms with E-state index in [4.69, 9.17) is 5.73 Å². The third kappa shape index (κ3) is 12.0. The summed E-state index contributed by atoms with van der Waals surface area (Å²) in [5.74, 6) is 0. The predicted octanol–water partition coefficient (Wildman–Crippen LogP) is 6.20. The molecule has 0 amide bonds. The van der Waals surface area contributed by atoms with E-state index in [1.54, 1.807) is 0 Å². The summed E-state index contributed by atoms with van der Waals surface area (Å²) in [5.41, 5.74) is 15.2. The number of halogens is 2. The van der Waals surface area contributed by atoms with Gasteiger partial charge in [0, 0.05) is 12.6 Å². The average Bonchev–Trinajstić information content (AvgIpc) is 3.85. The van der Waals surface area contributed by atoms with E-state index in [9.17, 15) is 0 Å². The molecule has 2 N–H and O–H groups in total. The first-order valence-corrected chi connectivity index (χ1v) is 25.4. The smallest absolute Gasteiger partial charge is 1.00 e. The van der Waals surface area contributed by atoms with Crippen LogP contribution in [0.15, 0.2) is 200 Å². The Morgan fingerprint density at radius 3 is 1.10 bits per heavy atom. The monoisotopic (exact) mass is 1040 g/mol. The van der Waals surface area contributed by atoms with Gasteiger partial charge in [-0.2, -0.15) is 0 Å². The van der Waals surface area contributed by atoms with Crippen LogP contribution in [-0.2, 0) is 19.5 Å². The number of fused-ring (bicyclic) bond motifs is 2. The van der Waals surface area contributed by atoms with E-state index in [0.29, 0.717) is 0 Å². The first kappa shape index (κ1) is 51.9. The standard InChI is InChI=1S/C48H40P2.C12H18N2.2ClH.Ru/c1-33-13-23-39(24-14-33)49(40-25-15-34(2)16-26-40)45-31-21-37-9-5-7-11-43(37)47(45)48-44-12-8-6-10-38(44)22-32-46(48)50(41-27-17-35(3)18-28-41)42-29-19-36(4)20-30-42;13-12(10-14-8-4-5-9-14)11-6-2-1-3-7-11;;;/h5-32H,1-4H3;1-3,6-7,12H,4-5,8-10,13H2;2*1H;/q;;;;+2/p-2/t;12-;;;/m.0.../s1. The Bertz CT molecular complexity index is 2710. The summed E-state index contributed by atoms with van der Waals surface area (Å²) in [5, 5.41) is 13.4. The Balaban J connectivity index is 0.000000374. The predicted molar refractivity (Wildman–Crippen MR) is 282 cm³/mol. The third-order valence-electron chi connectivity index (χ3n) is 12.6. The molecule has 7 heteroatoms. The molecule has 0 spiro atoms. The molecule has 1 aliphatic heterocycles. The molecule has 9 aromatic rings. The molecule has 9 aromatic carbocycles. The number of likely N-dealkylation sites (tertiary alicyclic amines) is 1. The van der Waals surface area contributed by atoms with Crippen molar-refractivity contribution in [3.63, 3.8) is 0 Å². The summed E-state index contributed by atoms with van der Waals surface area (Å²) in [7, 11) is -1.77. The summed E-state index contributed by atoms with van der Waals surface area (Å²) in [6.07, 6.45) is 2.67. The van der Waals surface area contributed by atoms with E-state index in [0.717, 1.165) is 6.54 Å². The van der Waals surface area contributed by atoms with Crippen molar-refractivity contribution < 1.29 is 44.3 Å². The number of nitrogens with two attached hydrogens (primary N) is 1. The van der Waals surface area contributed by atoms with Crippen LogP contribution in [0.2, 0.25) is 0 Å². The van der Waals surface area contributed by atoms with Gasteiger partial charge in [-0.05, 0) is 140 Å². The second-order valence-corrected chi connectivity index (χ2v) is 21.8. The maximum absolute atomic E-state index is 6.13. The Morgan fingerprint density at radius 2 is 0.746 bits per heavy atom. The van der Waals surface area contributed by atoms with Crippen LogP contribution < -0.4 is 62.4 Å². The molecule has 2 nitrogen and oxygen atoms in total. The van der Waals surface area contributed by atoms with E-state index < -0.39 is 15.8 Å². The normalized spacial score (nSPS) is 12.8. The van der Waals surface area contributed by atoms with Crippen LogP contribution in [0.1, 0.15) is 46.7 Å². The van der Waals surface area contributed by atoms with Gasteiger partial charge in [0.25, 0.3) is 0 Å². The topological polar surface area (TPSA) is 29.3 Å². The molecule has 0 aromatic heterocycles. The van der Waals surface area contributed by atoms with Crippen molar-refractivity contribution >= 4 is 69.2 Å². The van der Waals surface area contributed by atoms with E-state index in [1.807, 2.05) is 6.07 Å². The second kappa shape index (κ2) is 24.2. The van der Waals surface area contributed by atoms with Crippen molar-refractivity contribution in [2.24, 2.45) is 5.73 Å². The minimum atomic E-state index is -0.885. The van der Waals surface area contributed by atoms with E-state index >= 15 is 0 Å². The number of hydrogen-bond acceptors (Lipinski definition) is 2. The SMILES string of the molecule is Cc1ccc(P(c2ccc(C)cc2)c2ccc3ccccc3c2-c2c(P(c3ccc(C)cc3)c3ccc(C)cc3)ccc3ccccc23)cc1.N[C@@H](CN1CCCC1)c1ccccc1.[Cl-].[Cl-].[Ru+2]. The van der Waals surface area contributed by atoms with Gasteiger partial charge in [0.05, 0.1) is 0 Å². The largest absolute Gasteiger partial charge is 2.00 e. The Labute approximate surface area is 426 Å². The van der Waals surface area contributed by atoms with Gasteiger partial charge in [0.1, 0.15) is 0 Å². The maximum atomic E-state index is 6.13. The van der Waals surface area contributed by atoms with Crippen molar-refractivity contribution in [1.82, 2.24) is 4.90 Å². The molecule has 1 saturated heterocycles. The Morgan fingerprint density at radius 1 is 0.418 bits per heavy atom. The molecule has 1 aliphatic rings. The molecule has 1 atom stereocenters. The molecule has 0 bridgehead atoms. The van der Waals surface area contributed by atoms with Crippen molar-refractivity contribution in [2.45, 2.75) is 46.6 Å². The van der Waals surface area contributed by atoms with Crippen molar-refractivity contribution in [1.29, 1.82) is 0 Å². The van der Waals surface area contributed by atoms with Gasteiger partial charge in [-0.1, -0.05) is 222 Å². The van der Waals surface area contributed by atoms with Gasteiger partial charge in [0.15, 0.2) is 0 Å². The molecule has 1 heterocycles. The maximum Gasteiger partial charge on any atom is 2.00 e. The molecular formula is C60H58Cl2N2P2Ru. The molecule has 0 unspecified atom stereocenters. The third-order valence-corrected chi connectivity index (χ3v) is 17.6. The fourth-order valence-electron chi connectivity index (χ4n) is 9.10. The average molecular weight is 1040 g/mol. The zero-order chi connectivity index (χ0) is 44.0. The number of rotatable bonds is 10. The van der Waals surface area contributed by atoms with E-state index in [1.165, 1.54) is 118 Å². The fourth-order valence-corrected chi connectivity index (χ4v) is 14.0. The molecule has 0 radical (unpaired) electrons. The molecular weight excluding hydrogens is 983 g/mol. The molecule has 1 fully saturated rings. The minimum absolute atomic E-state index is 0. The molecule has 0 aliphatic carbocycles. The number of hydrogen-bond donors (Lipinski definition) is 1. The van der Waals surface area contributed by atoms with Crippen LogP contribution in [-0.4, -0.2) is 24.5 Å². The summed E-state index contributed by atoms with van der Waals surface area (Å²) < 4.78 is 0. The van der Waals surface area contributed by atoms with Gasteiger partial charge < -0.3 is 35.4 Å². The molecule has 10 rings (SSSR count). The molecule has 0 saturated carbocycles. The van der Waals surface area contributed by atoms with E-state index in [-0.39, 0.29) is 50.3 Å². The molecule has 67 heavy (non-hydrogen) atoms. The van der Waals surface area contributed by atoms with Crippen LogP contribution >= 0.6 is 15.8 Å². The van der Waals surface area contributed by atoms with Crippen molar-refractivity contribution in [3.8, 4) is 11.1 Å². The quantitative estimate of drug-likeness (QED) is 0.131. The number of nitrogens with zero attached hydrogens (tertiary/aromatic N) is 1. The van der Waals surface area contributed by atoms with Crippen molar-refractivity contribution in [3.05, 3.63) is 228 Å². The number of aryl methyl sites for hydroxylation is 4. The first-order valence-electron chi connectivity index (χ1n) is 22.7. The van der Waals surface area contributed by atoms with Crippen molar-refractivity contribution in [2.75, 3.05) is 19.6 Å². The van der Waals surface area contributed by atoms with Gasteiger partial charge in [-0.3, -0.25) is 0 Å². The van der Waals surface area contributed by atoms with Crippen LogP contribution in [0, 0.1) is 27.7 Å². The fraction of sp³-hybridized carbons (Fsp3) is 0.167. The summed E-state index contributed by atoms with van der Waals surface area (Å²) >= 11 is 0. The van der Waals surface area contributed by atoms with Crippen LogP contribution in [0.5, 0.6) is 0 Å². The second-order valence-electron chi connectivity index (χ2n) is 17.4. The van der Waals surface area contributed by atoms with Gasteiger partial charge >= 0.3 is 19.5 Å². The van der Waals surface area contributed by atoms with E-state index in [2.05, 4.69) is 227 Å². The summed E-state index contributed by atoms with van der Waals surface area (Å²) in [6.45, 7) is 12.2.